The molecule has 1 aliphatic heterocycles. The lowest BCUT2D eigenvalue weighted by Gasteiger charge is -2.33. The Morgan fingerprint density at radius 1 is 1.21 bits per heavy atom. The maximum atomic E-state index is 9.41. The molecule has 0 saturated heterocycles. The van der Waals surface area contributed by atoms with Gasteiger partial charge < -0.3 is 19.2 Å². The molecule has 7 heteroatoms. The van der Waals surface area contributed by atoms with Crippen molar-refractivity contribution in [3.63, 3.8) is 0 Å². The lowest BCUT2D eigenvalue weighted by Crippen LogP contribution is -2.32. The molecule has 1 N–H and O–H groups in total. The fraction of sp³-hybridized carbons (Fsp3) is 0.571. The van der Waals surface area contributed by atoms with Crippen LogP contribution < -0.4 is 4.90 Å². The van der Waals surface area contributed by atoms with Crippen molar-refractivity contribution in [1.29, 1.82) is 0 Å². The first kappa shape index (κ1) is 19.1. The highest BCUT2D eigenvalue weighted by molar-refractivity contribution is 6.06. The molecule has 0 amide bonds. The highest BCUT2D eigenvalue weighted by Gasteiger charge is 2.32. The van der Waals surface area contributed by atoms with Crippen molar-refractivity contribution in [3.05, 3.63) is 23.1 Å². The van der Waals surface area contributed by atoms with Crippen molar-refractivity contribution < 1.29 is 14.3 Å². The maximum absolute atomic E-state index is 9.41. The SMILES string of the molecule is CCCc1nc2oc3c(N(CC)CCO)ncnc3c2c2c1COC(C)(C)C2. The first-order valence-electron chi connectivity index (χ1n) is 10.1. The van der Waals surface area contributed by atoms with Gasteiger partial charge in [-0.25, -0.2) is 15.0 Å². The summed E-state index contributed by atoms with van der Waals surface area (Å²) in [5.41, 5.74) is 5.28. The maximum Gasteiger partial charge on any atom is 0.229 e. The summed E-state index contributed by atoms with van der Waals surface area (Å²) >= 11 is 0. The molecule has 150 valence electrons. The van der Waals surface area contributed by atoms with E-state index in [1.54, 1.807) is 6.33 Å². The molecule has 0 unspecified atom stereocenters. The van der Waals surface area contributed by atoms with Crippen molar-refractivity contribution in [1.82, 2.24) is 15.0 Å². The molecule has 0 saturated carbocycles. The summed E-state index contributed by atoms with van der Waals surface area (Å²) in [6.45, 7) is 10.3. The summed E-state index contributed by atoms with van der Waals surface area (Å²) in [5, 5.41) is 10.4. The van der Waals surface area contributed by atoms with Crippen LogP contribution in [0, 0.1) is 0 Å². The van der Waals surface area contributed by atoms with Crippen molar-refractivity contribution in [2.45, 2.75) is 59.2 Å². The van der Waals surface area contributed by atoms with Crippen molar-refractivity contribution in [2.75, 3.05) is 24.6 Å². The molecule has 4 rings (SSSR count). The number of pyridine rings is 1. The van der Waals surface area contributed by atoms with E-state index in [-0.39, 0.29) is 12.2 Å². The van der Waals surface area contributed by atoms with Crippen LogP contribution in [0.3, 0.4) is 0 Å². The molecule has 1 aliphatic rings. The number of aryl methyl sites for hydroxylation is 1. The first-order chi connectivity index (χ1) is 13.5. The Hall–Kier alpha value is -2.25. The fourth-order valence-electron chi connectivity index (χ4n) is 4.06. The number of aliphatic hydroxyl groups excluding tert-OH is 1. The average molecular weight is 384 g/mol. The molecule has 0 bridgehead atoms. The van der Waals surface area contributed by atoms with Gasteiger partial charge in [0, 0.05) is 25.1 Å². The Kier molecular flexibility index (Phi) is 4.97. The molecule has 0 radical (unpaired) electrons. The van der Waals surface area contributed by atoms with Crippen LogP contribution in [-0.4, -0.2) is 45.4 Å². The van der Waals surface area contributed by atoms with Gasteiger partial charge in [0.25, 0.3) is 0 Å². The zero-order valence-corrected chi connectivity index (χ0v) is 17.1. The van der Waals surface area contributed by atoms with Gasteiger partial charge in [-0.15, -0.1) is 0 Å². The van der Waals surface area contributed by atoms with Crippen LogP contribution in [-0.2, 0) is 24.2 Å². The zero-order chi connectivity index (χ0) is 19.9. The molecule has 0 aromatic carbocycles. The van der Waals surface area contributed by atoms with Crippen LogP contribution in [0.1, 0.15) is 50.9 Å². The van der Waals surface area contributed by atoms with E-state index in [0.29, 0.717) is 30.3 Å². The molecule has 7 nitrogen and oxygen atoms in total. The number of hydrogen-bond acceptors (Lipinski definition) is 7. The number of aliphatic hydroxyl groups is 1. The van der Waals surface area contributed by atoms with Crippen LogP contribution in [0.5, 0.6) is 0 Å². The molecule has 0 spiro atoms. The Balaban J connectivity index is 2.01. The lowest BCUT2D eigenvalue weighted by molar-refractivity contribution is -0.0401. The number of nitrogens with zero attached hydrogens (tertiary/aromatic N) is 4. The third kappa shape index (κ3) is 3.12. The van der Waals surface area contributed by atoms with Gasteiger partial charge in [0.05, 0.1) is 29.9 Å². The van der Waals surface area contributed by atoms with E-state index in [4.69, 9.17) is 14.1 Å². The van der Waals surface area contributed by atoms with Gasteiger partial charge in [-0.1, -0.05) is 13.3 Å². The quantitative estimate of drug-likeness (QED) is 0.697. The van der Waals surface area contributed by atoms with E-state index in [0.717, 1.165) is 42.4 Å². The lowest BCUT2D eigenvalue weighted by atomic mass is 9.88. The smallest absolute Gasteiger partial charge is 0.229 e. The van der Waals surface area contributed by atoms with E-state index in [1.165, 1.54) is 11.1 Å². The first-order valence-corrected chi connectivity index (χ1v) is 10.1. The number of aromatic nitrogens is 3. The predicted octanol–water partition coefficient (Wildman–Crippen LogP) is 3.39. The highest BCUT2D eigenvalue weighted by atomic mass is 16.5. The third-order valence-corrected chi connectivity index (χ3v) is 5.43. The second-order valence-corrected chi connectivity index (χ2v) is 7.95. The summed E-state index contributed by atoms with van der Waals surface area (Å²) < 4.78 is 12.3. The molecule has 3 aromatic rings. The molecule has 0 fully saturated rings. The molecule has 0 atom stereocenters. The Bertz CT molecular complexity index is 1010. The summed E-state index contributed by atoms with van der Waals surface area (Å²) in [6.07, 6.45) is 4.27. The predicted molar refractivity (Wildman–Crippen MR) is 109 cm³/mol. The monoisotopic (exact) mass is 384 g/mol. The average Bonchev–Trinajstić information content (AvgIpc) is 3.04. The zero-order valence-electron chi connectivity index (χ0n) is 17.1. The van der Waals surface area contributed by atoms with Crippen LogP contribution >= 0.6 is 0 Å². The largest absolute Gasteiger partial charge is 0.432 e. The fourth-order valence-corrected chi connectivity index (χ4v) is 4.06. The van der Waals surface area contributed by atoms with Gasteiger partial charge in [0.1, 0.15) is 11.8 Å². The van der Waals surface area contributed by atoms with Gasteiger partial charge in [-0.2, -0.15) is 0 Å². The second-order valence-electron chi connectivity index (χ2n) is 7.95. The van der Waals surface area contributed by atoms with Crippen LogP contribution in [0.4, 0.5) is 5.82 Å². The second kappa shape index (κ2) is 7.29. The normalized spacial score (nSPS) is 15.9. The Morgan fingerprint density at radius 2 is 2.04 bits per heavy atom. The van der Waals surface area contributed by atoms with Crippen LogP contribution in [0.2, 0.25) is 0 Å². The molecular formula is C21H28N4O3. The summed E-state index contributed by atoms with van der Waals surface area (Å²) in [7, 11) is 0. The van der Waals surface area contributed by atoms with Crippen molar-refractivity contribution in [3.8, 4) is 0 Å². The molecule has 3 aromatic heterocycles. The number of furan rings is 1. The van der Waals surface area contributed by atoms with E-state index in [1.807, 2.05) is 11.8 Å². The minimum absolute atomic E-state index is 0.0549. The van der Waals surface area contributed by atoms with E-state index in [2.05, 4.69) is 30.7 Å². The number of ether oxygens (including phenoxy) is 1. The number of anilines is 1. The van der Waals surface area contributed by atoms with E-state index < -0.39 is 0 Å². The molecule has 0 aliphatic carbocycles. The van der Waals surface area contributed by atoms with Crippen molar-refractivity contribution in [2.24, 2.45) is 0 Å². The van der Waals surface area contributed by atoms with E-state index in [9.17, 15) is 5.11 Å². The number of rotatable bonds is 6. The Morgan fingerprint density at radius 3 is 2.75 bits per heavy atom. The summed E-state index contributed by atoms with van der Waals surface area (Å²) in [4.78, 5) is 15.9. The standard InChI is InChI=1S/C21H28N4O3/c1-5-7-15-14-11-27-21(3,4)10-13(14)16-17-18(28-20(16)24-15)19(23-12-22-17)25(6-2)8-9-26/h12,26H,5-11H2,1-4H3. The minimum Gasteiger partial charge on any atom is -0.432 e. The van der Waals surface area contributed by atoms with Crippen molar-refractivity contribution >= 4 is 28.0 Å². The van der Waals surface area contributed by atoms with Gasteiger partial charge in [0.15, 0.2) is 11.4 Å². The number of likely N-dealkylation sites (N-methyl/N-ethyl adjacent to an activating group) is 1. The van der Waals surface area contributed by atoms with Gasteiger partial charge in [-0.05, 0) is 32.8 Å². The molecule has 4 heterocycles. The van der Waals surface area contributed by atoms with Crippen LogP contribution in [0.25, 0.3) is 22.2 Å². The summed E-state index contributed by atoms with van der Waals surface area (Å²) in [5.74, 6) is 0.705. The van der Waals surface area contributed by atoms with E-state index >= 15 is 0 Å². The minimum atomic E-state index is -0.240. The topological polar surface area (TPSA) is 84.5 Å². The number of fused-ring (bicyclic) bond motifs is 5. The van der Waals surface area contributed by atoms with Gasteiger partial charge in [0.2, 0.25) is 5.71 Å². The summed E-state index contributed by atoms with van der Waals surface area (Å²) in [6, 6.07) is 0. The third-order valence-electron chi connectivity index (χ3n) is 5.43. The Labute approximate surface area is 164 Å². The van der Waals surface area contributed by atoms with Gasteiger partial charge >= 0.3 is 0 Å². The number of hydrogen-bond donors (Lipinski definition) is 1. The molecular weight excluding hydrogens is 356 g/mol. The highest BCUT2D eigenvalue weighted by Crippen LogP contribution is 2.40. The van der Waals surface area contributed by atoms with Gasteiger partial charge in [-0.3, -0.25) is 0 Å². The van der Waals surface area contributed by atoms with Crippen LogP contribution in [0.15, 0.2) is 10.7 Å². The molecule has 28 heavy (non-hydrogen) atoms.